The van der Waals surface area contributed by atoms with Crippen LogP contribution in [0.2, 0.25) is 0 Å². The standard InChI is InChI=1S/C8H17BrN2O2S/c1-8-3-2-6-11(7-8)14(12,13)10-5-4-9/h8,10H,2-7H2,1H3. The van der Waals surface area contributed by atoms with Crippen LogP contribution in [0.1, 0.15) is 19.8 Å². The predicted octanol–water partition coefficient (Wildman–Crippen LogP) is 0.948. The summed E-state index contributed by atoms with van der Waals surface area (Å²) in [5.74, 6) is 0.476. The molecule has 0 radical (unpaired) electrons. The minimum atomic E-state index is -3.23. The number of halogens is 1. The molecule has 0 aromatic heterocycles. The molecule has 0 bridgehead atoms. The Hall–Kier alpha value is 0.350. The lowest BCUT2D eigenvalue weighted by molar-refractivity contribution is 0.278. The molecule has 1 fully saturated rings. The van der Waals surface area contributed by atoms with E-state index in [0.717, 1.165) is 12.8 Å². The summed E-state index contributed by atoms with van der Waals surface area (Å²) in [5.41, 5.74) is 0. The number of nitrogens with zero attached hydrogens (tertiary/aromatic N) is 1. The van der Waals surface area contributed by atoms with E-state index in [1.165, 1.54) is 0 Å². The van der Waals surface area contributed by atoms with Gasteiger partial charge in [0.2, 0.25) is 0 Å². The quantitative estimate of drug-likeness (QED) is 0.782. The molecule has 1 N–H and O–H groups in total. The number of hydrogen-bond acceptors (Lipinski definition) is 2. The maximum absolute atomic E-state index is 11.7. The van der Waals surface area contributed by atoms with Crippen LogP contribution in [-0.4, -0.2) is 37.7 Å². The van der Waals surface area contributed by atoms with Gasteiger partial charge < -0.3 is 0 Å². The maximum Gasteiger partial charge on any atom is 0.279 e. The highest BCUT2D eigenvalue weighted by Gasteiger charge is 2.26. The Morgan fingerprint density at radius 3 is 2.86 bits per heavy atom. The number of nitrogens with one attached hydrogen (secondary N) is 1. The van der Waals surface area contributed by atoms with Crippen LogP contribution in [0.4, 0.5) is 0 Å². The largest absolute Gasteiger partial charge is 0.279 e. The van der Waals surface area contributed by atoms with Crippen LogP contribution in [0.5, 0.6) is 0 Å². The number of alkyl halides is 1. The van der Waals surface area contributed by atoms with E-state index in [2.05, 4.69) is 27.6 Å². The number of rotatable bonds is 4. The molecular formula is C8H17BrN2O2S. The van der Waals surface area contributed by atoms with Gasteiger partial charge in [-0.2, -0.15) is 12.7 Å². The van der Waals surface area contributed by atoms with Crippen molar-refractivity contribution in [2.75, 3.05) is 25.0 Å². The lowest BCUT2D eigenvalue weighted by atomic mass is 10.0. The third-order valence-corrected chi connectivity index (χ3v) is 4.32. The van der Waals surface area contributed by atoms with E-state index in [1.54, 1.807) is 4.31 Å². The van der Waals surface area contributed by atoms with Gasteiger partial charge in [-0.05, 0) is 18.8 Å². The van der Waals surface area contributed by atoms with Gasteiger partial charge in [-0.1, -0.05) is 22.9 Å². The van der Waals surface area contributed by atoms with E-state index in [0.29, 0.717) is 30.9 Å². The minimum absolute atomic E-state index is 0.452. The van der Waals surface area contributed by atoms with E-state index < -0.39 is 10.2 Å². The van der Waals surface area contributed by atoms with Gasteiger partial charge in [0.15, 0.2) is 0 Å². The molecule has 0 aromatic rings. The van der Waals surface area contributed by atoms with E-state index >= 15 is 0 Å². The van der Waals surface area contributed by atoms with Crippen molar-refractivity contribution in [3.8, 4) is 0 Å². The van der Waals surface area contributed by atoms with Gasteiger partial charge in [-0.15, -0.1) is 0 Å². The van der Waals surface area contributed by atoms with Gasteiger partial charge in [-0.3, -0.25) is 0 Å². The molecule has 0 saturated carbocycles. The zero-order valence-corrected chi connectivity index (χ0v) is 10.8. The Kier molecular flexibility index (Phi) is 4.82. The van der Waals surface area contributed by atoms with E-state index in [9.17, 15) is 8.42 Å². The monoisotopic (exact) mass is 284 g/mol. The molecule has 0 spiro atoms. The molecule has 1 aliphatic heterocycles. The molecule has 1 unspecified atom stereocenters. The molecule has 84 valence electrons. The fourth-order valence-corrected chi connectivity index (χ4v) is 3.45. The van der Waals surface area contributed by atoms with Crippen molar-refractivity contribution < 1.29 is 8.42 Å². The summed E-state index contributed by atoms with van der Waals surface area (Å²) in [6, 6.07) is 0. The molecule has 1 saturated heterocycles. The summed E-state index contributed by atoms with van der Waals surface area (Å²) in [6.07, 6.45) is 2.10. The van der Waals surface area contributed by atoms with Crippen molar-refractivity contribution in [2.24, 2.45) is 5.92 Å². The summed E-state index contributed by atoms with van der Waals surface area (Å²) in [7, 11) is -3.23. The SMILES string of the molecule is CC1CCCN(S(=O)(=O)NCCBr)C1. The Morgan fingerprint density at radius 1 is 1.57 bits per heavy atom. The average Bonchev–Trinajstić information content (AvgIpc) is 2.15. The van der Waals surface area contributed by atoms with Crippen LogP contribution in [-0.2, 0) is 10.2 Å². The Bertz CT molecular complexity index is 269. The summed E-state index contributed by atoms with van der Waals surface area (Å²) in [5, 5.41) is 0.648. The van der Waals surface area contributed by atoms with Crippen LogP contribution in [0.3, 0.4) is 0 Å². The third-order valence-electron chi connectivity index (χ3n) is 2.34. The Balaban J connectivity index is 2.53. The molecule has 1 aliphatic rings. The van der Waals surface area contributed by atoms with Crippen molar-refractivity contribution >= 4 is 26.1 Å². The van der Waals surface area contributed by atoms with Crippen molar-refractivity contribution in [1.82, 2.24) is 9.03 Å². The second kappa shape index (κ2) is 5.44. The van der Waals surface area contributed by atoms with E-state index in [4.69, 9.17) is 0 Å². The van der Waals surface area contributed by atoms with E-state index in [1.807, 2.05) is 0 Å². The normalized spacial score (nSPS) is 25.1. The third kappa shape index (κ3) is 3.49. The van der Waals surface area contributed by atoms with Crippen molar-refractivity contribution in [3.63, 3.8) is 0 Å². The van der Waals surface area contributed by atoms with Crippen LogP contribution in [0.15, 0.2) is 0 Å². The highest BCUT2D eigenvalue weighted by Crippen LogP contribution is 2.17. The van der Waals surface area contributed by atoms with E-state index in [-0.39, 0.29) is 0 Å². The van der Waals surface area contributed by atoms with Crippen molar-refractivity contribution in [1.29, 1.82) is 0 Å². The summed E-state index contributed by atoms with van der Waals surface area (Å²) < 4.78 is 27.5. The smallest absolute Gasteiger partial charge is 0.201 e. The fraction of sp³-hybridized carbons (Fsp3) is 1.00. The zero-order valence-electron chi connectivity index (χ0n) is 8.37. The lowest BCUT2D eigenvalue weighted by Gasteiger charge is -2.29. The first-order chi connectivity index (χ1) is 6.56. The predicted molar refractivity (Wildman–Crippen MR) is 60.7 cm³/mol. The first kappa shape index (κ1) is 12.4. The Morgan fingerprint density at radius 2 is 2.29 bits per heavy atom. The molecular weight excluding hydrogens is 268 g/mol. The van der Waals surface area contributed by atoms with Crippen LogP contribution in [0.25, 0.3) is 0 Å². The second-order valence-corrected chi connectivity index (χ2v) is 6.24. The summed E-state index contributed by atoms with van der Waals surface area (Å²) >= 11 is 3.19. The van der Waals surface area contributed by atoms with Gasteiger partial charge in [0.25, 0.3) is 10.2 Å². The van der Waals surface area contributed by atoms with Crippen molar-refractivity contribution in [2.45, 2.75) is 19.8 Å². The van der Waals surface area contributed by atoms with Gasteiger partial charge >= 0.3 is 0 Å². The van der Waals surface area contributed by atoms with Crippen molar-refractivity contribution in [3.05, 3.63) is 0 Å². The second-order valence-electron chi connectivity index (χ2n) is 3.69. The molecule has 1 heterocycles. The molecule has 0 aliphatic carbocycles. The molecule has 4 nitrogen and oxygen atoms in total. The van der Waals surface area contributed by atoms with Crippen LogP contribution < -0.4 is 4.72 Å². The summed E-state index contributed by atoms with van der Waals surface area (Å²) in [6.45, 7) is 3.85. The molecule has 14 heavy (non-hydrogen) atoms. The van der Waals surface area contributed by atoms with Gasteiger partial charge in [0.05, 0.1) is 0 Å². The zero-order chi connectivity index (χ0) is 10.6. The van der Waals surface area contributed by atoms with Gasteiger partial charge in [0, 0.05) is 25.0 Å². The summed E-state index contributed by atoms with van der Waals surface area (Å²) in [4.78, 5) is 0. The number of hydrogen-bond donors (Lipinski definition) is 1. The van der Waals surface area contributed by atoms with Crippen LogP contribution in [0, 0.1) is 5.92 Å². The first-order valence-electron chi connectivity index (χ1n) is 4.87. The topological polar surface area (TPSA) is 49.4 Å². The highest BCUT2D eigenvalue weighted by molar-refractivity contribution is 9.09. The molecule has 0 aromatic carbocycles. The van der Waals surface area contributed by atoms with Gasteiger partial charge in [-0.25, -0.2) is 4.72 Å². The van der Waals surface area contributed by atoms with Gasteiger partial charge in [0.1, 0.15) is 0 Å². The molecule has 6 heteroatoms. The molecule has 1 rings (SSSR count). The minimum Gasteiger partial charge on any atom is -0.201 e. The maximum atomic E-state index is 11.7. The number of piperidine rings is 1. The fourth-order valence-electron chi connectivity index (χ4n) is 1.62. The Labute approximate surface area is 94.4 Å². The first-order valence-corrected chi connectivity index (χ1v) is 7.43. The highest BCUT2D eigenvalue weighted by atomic mass is 79.9. The molecule has 1 atom stereocenters. The van der Waals surface area contributed by atoms with Crippen LogP contribution >= 0.6 is 15.9 Å². The lowest BCUT2D eigenvalue weighted by Crippen LogP contribution is -2.45. The molecule has 0 amide bonds. The average molecular weight is 285 g/mol.